The summed E-state index contributed by atoms with van der Waals surface area (Å²) in [5, 5.41) is 0.640. The topological polar surface area (TPSA) is 41.8 Å². The molecule has 0 fully saturated rings. The molecule has 0 saturated heterocycles. The first-order valence-electron chi connectivity index (χ1n) is 7.98. The van der Waals surface area contributed by atoms with Crippen LogP contribution < -0.4 is 5.73 Å². The predicted molar refractivity (Wildman–Crippen MR) is 90.7 cm³/mol. The van der Waals surface area contributed by atoms with Gasteiger partial charge in [-0.1, -0.05) is 30.3 Å². The number of unbranched alkanes of at least 4 members (excludes halogenated alkanes) is 1. The summed E-state index contributed by atoms with van der Waals surface area (Å²) in [5.41, 5.74) is 8.46. The van der Waals surface area contributed by atoms with Crippen molar-refractivity contribution in [1.82, 2.24) is 4.98 Å². The highest BCUT2D eigenvalue weighted by Gasteiger charge is 2.31. The van der Waals surface area contributed by atoms with Crippen LogP contribution in [0.15, 0.2) is 48.5 Å². The van der Waals surface area contributed by atoms with E-state index in [1.165, 1.54) is 12.1 Å². The molecule has 0 unspecified atom stereocenters. The van der Waals surface area contributed by atoms with Crippen molar-refractivity contribution in [2.45, 2.75) is 25.4 Å². The molecule has 0 aliphatic rings. The van der Waals surface area contributed by atoms with Gasteiger partial charge in [0.1, 0.15) is 0 Å². The molecule has 5 heteroatoms. The lowest BCUT2D eigenvalue weighted by Gasteiger charge is -2.08. The molecule has 1 aromatic heterocycles. The Balaban J connectivity index is 2.14. The van der Waals surface area contributed by atoms with Crippen molar-refractivity contribution in [3.63, 3.8) is 0 Å². The standard InChI is InChI=1S/C19H19F3N2/c20-19(21,22)14-9-10-17-16(12-14)15(8-4-5-11-23)18(24-17)13-6-2-1-3-7-13/h1-3,6-7,9-10,12,24H,4-5,8,11,23H2. The van der Waals surface area contributed by atoms with Gasteiger partial charge in [0.05, 0.1) is 5.56 Å². The predicted octanol–water partition coefficient (Wildman–Crippen LogP) is 5.14. The van der Waals surface area contributed by atoms with Gasteiger partial charge in [0, 0.05) is 16.6 Å². The number of hydrogen-bond donors (Lipinski definition) is 2. The van der Waals surface area contributed by atoms with E-state index in [2.05, 4.69) is 4.98 Å². The Morgan fingerprint density at radius 2 is 1.71 bits per heavy atom. The lowest BCUT2D eigenvalue weighted by atomic mass is 9.99. The summed E-state index contributed by atoms with van der Waals surface area (Å²) in [4.78, 5) is 3.29. The van der Waals surface area contributed by atoms with Crippen LogP contribution in [-0.2, 0) is 12.6 Å². The zero-order valence-corrected chi connectivity index (χ0v) is 13.2. The molecule has 126 valence electrons. The van der Waals surface area contributed by atoms with Gasteiger partial charge in [-0.3, -0.25) is 0 Å². The largest absolute Gasteiger partial charge is 0.416 e. The maximum Gasteiger partial charge on any atom is 0.416 e. The molecule has 0 spiro atoms. The molecule has 2 aromatic carbocycles. The molecule has 0 bridgehead atoms. The first kappa shape index (κ1) is 16.6. The average molecular weight is 332 g/mol. The quantitative estimate of drug-likeness (QED) is 0.625. The first-order chi connectivity index (χ1) is 11.5. The monoisotopic (exact) mass is 332 g/mol. The summed E-state index contributed by atoms with van der Waals surface area (Å²) >= 11 is 0. The molecule has 3 rings (SSSR count). The maximum absolute atomic E-state index is 13.1. The van der Waals surface area contributed by atoms with Gasteiger partial charge in [0.2, 0.25) is 0 Å². The summed E-state index contributed by atoms with van der Waals surface area (Å²) in [6, 6.07) is 13.6. The van der Waals surface area contributed by atoms with Crippen LogP contribution in [0.5, 0.6) is 0 Å². The Hall–Kier alpha value is -2.27. The van der Waals surface area contributed by atoms with E-state index in [1.54, 1.807) is 0 Å². The number of halogens is 3. The molecular weight excluding hydrogens is 313 g/mol. The summed E-state index contributed by atoms with van der Waals surface area (Å²) in [7, 11) is 0. The Morgan fingerprint density at radius 3 is 2.38 bits per heavy atom. The summed E-state index contributed by atoms with van der Waals surface area (Å²) in [5.74, 6) is 0. The fourth-order valence-electron chi connectivity index (χ4n) is 2.98. The van der Waals surface area contributed by atoms with Gasteiger partial charge >= 0.3 is 6.18 Å². The van der Waals surface area contributed by atoms with Crippen LogP contribution in [0.1, 0.15) is 24.0 Å². The first-order valence-corrected chi connectivity index (χ1v) is 7.98. The highest BCUT2D eigenvalue weighted by atomic mass is 19.4. The van der Waals surface area contributed by atoms with Crippen molar-refractivity contribution in [2.75, 3.05) is 6.54 Å². The van der Waals surface area contributed by atoms with Crippen molar-refractivity contribution in [3.05, 3.63) is 59.7 Å². The summed E-state index contributed by atoms with van der Waals surface area (Å²) in [6.45, 7) is 0.580. The third kappa shape index (κ3) is 3.31. The molecule has 0 atom stereocenters. The number of aryl methyl sites for hydroxylation is 1. The average Bonchev–Trinajstić information content (AvgIpc) is 2.93. The number of alkyl halides is 3. The van der Waals surface area contributed by atoms with Crippen molar-refractivity contribution >= 4 is 10.9 Å². The number of fused-ring (bicyclic) bond motifs is 1. The van der Waals surface area contributed by atoms with Crippen LogP contribution in [0.2, 0.25) is 0 Å². The van der Waals surface area contributed by atoms with E-state index in [0.717, 1.165) is 41.2 Å². The second-order valence-corrected chi connectivity index (χ2v) is 5.85. The molecule has 3 N–H and O–H groups in total. The van der Waals surface area contributed by atoms with Gasteiger partial charge < -0.3 is 10.7 Å². The minimum absolute atomic E-state index is 0.580. The van der Waals surface area contributed by atoms with Gasteiger partial charge in [0.15, 0.2) is 0 Å². The lowest BCUT2D eigenvalue weighted by Crippen LogP contribution is -2.04. The SMILES string of the molecule is NCCCCc1c(-c2ccccc2)[nH]c2ccc(C(F)(F)F)cc12. The van der Waals surface area contributed by atoms with Crippen LogP contribution >= 0.6 is 0 Å². The molecule has 0 amide bonds. The molecular formula is C19H19F3N2. The number of nitrogens with one attached hydrogen (secondary N) is 1. The van der Waals surface area contributed by atoms with Crippen molar-refractivity contribution in [1.29, 1.82) is 0 Å². The van der Waals surface area contributed by atoms with E-state index in [9.17, 15) is 13.2 Å². The van der Waals surface area contributed by atoms with E-state index in [-0.39, 0.29) is 0 Å². The van der Waals surface area contributed by atoms with Crippen molar-refractivity contribution < 1.29 is 13.2 Å². The van der Waals surface area contributed by atoms with Crippen LogP contribution in [0.4, 0.5) is 13.2 Å². The normalized spacial score (nSPS) is 12.0. The lowest BCUT2D eigenvalue weighted by molar-refractivity contribution is -0.137. The Bertz CT molecular complexity index is 820. The Labute approximate surface area is 138 Å². The zero-order chi connectivity index (χ0) is 17.2. The van der Waals surface area contributed by atoms with Gasteiger partial charge in [-0.05, 0) is 55.1 Å². The fourth-order valence-corrected chi connectivity index (χ4v) is 2.98. The van der Waals surface area contributed by atoms with Gasteiger partial charge in [-0.2, -0.15) is 13.2 Å². The molecule has 0 radical (unpaired) electrons. The van der Waals surface area contributed by atoms with E-state index in [0.29, 0.717) is 18.4 Å². The van der Waals surface area contributed by atoms with Crippen LogP contribution in [0.3, 0.4) is 0 Å². The van der Waals surface area contributed by atoms with Gasteiger partial charge in [0.25, 0.3) is 0 Å². The summed E-state index contributed by atoms with van der Waals surface area (Å²) < 4.78 is 39.2. The van der Waals surface area contributed by atoms with Crippen molar-refractivity contribution in [2.24, 2.45) is 5.73 Å². The van der Waals surface area contributed by atoms with Crippen LogP contribution in [0, 0.1) is 0 Å². The number of aromatic amines is 1. The van der Waals surface area contributed by atoms with Crippen LogP contribution in [-0.4, -0.2) is 11.5 Å². The van der Waals surface area contributed by atoms with Crippen molar-refractivity contribution in [3.8, 4) is 11.3 Å². The minimum atomic E-state index is -4.34. The Kier molecular flexibility index (Phi) is 4.62. The molecule has 24 heavy (non-hydrogen) atoms. The third-order valence-corrected chi connectivity index (χ3v) is 4.18. The smallest absolute Gasteiger partial charge is 0.354 e. The molecule has 0 aliphatic heterocycles. The second-order valence-electron chi connectivity index (χ2n) is 5.85. The molecule has 3 aromatic rings. The molecule has 0 saturated carbocycles. The van der Waals surface area contributed by atoms with Gasteiger partial charge in [-0.25, -0.2) is 0 Å². The van der Waals surface area contributed by atoms with Crippen LogP contribution in [0.25, 0.3) is 22.2 Å². The van der Waals surface area contributed by atoms with E-state index < -0.39 is 11.7 Å². The fraction of sp³-hybridized carbons (Fsp3) is 0.263. The highest BCUT2D eigenvalue weighted by Crippen LogP contribution is 2.36. The van der Waals surface area contributed by atoms with E-state index >= 15 is 0 Å². The molecule has 0 aliphatic carbocycles. The number of benzene rings is 2. The second kappa shape index (κ2) is 6.69. The van der Waals surface area contributed by atoms with Gasteiger partial charge in [-0.15, -0.1) is 0 Å². The van der Waals surface area contributed by atoms with E-state index in [4.69, 9.17) is 5.73 Å². The zero-order valence-electron chi connectivity index (χ0n) is 13.2. The minimum Gasteiger partial charge on any atom is -0.354 e. The number of H-pyrrole nitrogens is 1. The number of hydrogen-bond acceptors (Lipinski definition) is 1. The number of aromatic nitrogens is 1. The highest BCUT2D eigenvalue weighted by molar-refractivity contribution is 5.91. The maximum atomic E-state index is 13.1. The Morgan fingerprint density at radius 1 is 0.958 bits per heavy atom. The van der Waals surface area contributed by atoms with E-state index in [1.807, 2.05) is 30.3 Å². The molecule has 2 nitrogen and oxygen atoms in total. The summed E-state index contributed by atoms with van der Waals surface area (Å²) in [6.07, 6.45) is -1.95. The number of nitrogens with two attached hydrogens (primary N) is 1. The molecule has 1 heterocycles. The third-order valence-electron chi connectivity index (χ3n) is 4.18. The number of rotatable bonds is 5.